The van der Waals surface area contributed by atoms with Gasteiger partial charge in [0, 0.05) is 30.2 Å². The van der Waals surface area contributed by atoms with Crippen molar-refractivity contribution in [1.82, 2.24) is 9.88 Å². The summed E-state index contributed by atoms with van der Waals surface area (Å²) >= 11 is 0. The normalized spacial score (nSPS) is 15.1. The summed E-state index contributed by atoms with van der Waals surface area (Å²) < 4.78 is 10.8. The first kappa shape index (κ1) is 17.5. The van der Waals surface area contributed by atoms with Crippen LogP contribution in [0.2, 0.25) is 0 Å². The number of para-hydroxylation sites is 1. The number of nitrogens with one attached hydrogen (secondary N) is 1. The first-order valence-corrected chi connectivity index (χ1v) is 9.29. The number of aromatic amines is 1. The van der Waals surface area contributed by atoms with Crippen LogP contribution in [0.1, 0.15) is 34.8 Å². The predicted octanol–water partition coefficient (Wildman–Crippen LogP) is 4.20. The highest BCUT2D eigenvalue weighted by Gasteiger charge is 2.28. The molecule has 0 aliphatic carbocycles. The van der Waals surface area contributed by atoms with Crippen molar-refractivity contribution in [3.8, 4) is 11.5 Å². The highest BCUT2D eigenvalue weighted by atomic mass is 16.5. The largest absolute Gasteiger partial charge is 0.496 e. The van der Waals surface area contributed by atoms with E-state index < -0.39 is 0 Å². The topological polar surface area (TPSA) is 54.6 Å². The fourth-order valence-corrected chi connectivity index (χ4v) is 3.93. The van der Waals surface area contributed by atoms with Crippen molar-refractivity contribution in [1.29, 1.82) is 0 Å². The van der Waals surface area contributed by atoms with E-state index >= 15 is 0 Å². The zero-order valence-corrected chi connectivity index (χ0v) is 15.7. The lowest BCUT2D eigenvalue weighted by molar-refractivity contribution is 0.0705. The molecular formula is C22H24N2O3. The molecule has 5 nitrogen and oxygen atoms in total. The molecule has 2 aromatic carbocycles. The van der Waals surface area contributed by atoms with E-state index in [1.54, 1.807) is 26.4 Å². The molecule has 1 amide bonds. The number of H-pyrrole nitrogens is 1. The van der Waals surface area contributed by atoms with Crippen LogP contribution >= 0.6 is 0 Å². The van der Waals surface area contributed by atoms with Gasteiger partial charge in [0.25, 0.3) is 5.91 Å². The van der Waals surface area contributed by atoms with E-state index in [9.17, 15) is 4.79 Å². The van der Waals surface area contributed by atoms with Crippen LogP contribution in [0.4, 0.5) is 0 Å². The molecule has 0 spiro atoms. The van der Waals surface area contributed by atoms with Crippen LogP contribution in [-0.4, -0.2) is 43.1 Å². The smallest absolute Gasteiger partial charge is 0.261 e. The summed E-state index contributed by atoms with van der Waals surface area (Å²) in [5.74, 6) is 1.52. The lowest BCUT2D eigenvalue weighted by atomic mass is 9.93. The molecule has 1 N–H and O–H groups in total. The monoisotopic (exact) mass is 364 g/mol. The second-order valence-corrected chi connectivity index (χ2v) is 6.92. The minimum absolute atomic E-state index is 0.0283. The fraction of sp³-hybridized carbons (Fsp3) is 0.318. The number of ether oxygens (including phenoxy) is 2. The molecule has 1 fully saturated rings. The summed E-state index contributed by atoms with van der Waals surface area (Å²) in [6, 6.07) is 16.0. The van der Waals surface area contributed by atoms with Crippen LogP contribution < -0.4 is 9.47 Å². The van der Waals surface area contributed by atoms with Gasteiger partial charge in [-0.1, -0.05) is 24.3 Å². The number of aromatic nitrogens is 1. The van der Waals surface area contributed by atoms with Gasteiger partial charge in [-0.2, -0.15) is 0 Å². The zero-order valence-electron chi connectivity index (χ0n) is 15.7. The van der Waals surface area contributed by atoms with Crippen molar-refractivity contribution in [2.24, 2.45) is 0 Å². The van der Waals surface area contributed by atoms with Crippen molar-refractivity contribution in [2.45, 2.75) is 18.8 Å². The standard InChI is InChI=1S/C22H24N2O3/c1-26-19-8-5-9-20(27-2)21(19)22(25)24-12-10-15(11-13-24)18-14-16-6-3-4-7-17(16)23-18/h3-9,14-15,23H,10-13H2,1-2H3. The Hall–Kier alpha value is -2.95. The van der Waals surface area contributed by atoms with E-state index in [0.717, 1.165) is 25.9 Å². The molecule has 140 valence electrons. The van der Waals surface area contributed by atoms with Gasteiger partial charge < -0.3 is 19.4 Å². The molecule has 0 unspecified atom stereocenters. The molecule has 1 aliphatic heterocycles. The SMILES string of the molecule is COc1cccc(OC)c1C(=O)N1CCC(c2cc3ccccc3[nH]2)CC1. The van der Waals surface area contributed by atoms with Crippen LogP contribution in [0.25, 0.3) is 10.9 Å². The van der Waals surface area contributed by atoms with Gasteiger partial charge >= 0.3 is 0 Å². The summed E-state index contributed by atoms with van der Waals surface area (Å²) in [4.78, 5) is 18.5. The van der Waals surface area contributed by atoms with Crippen molar-refractivity contribution in [3.05, 3.63) is 59.8 Å². The van der Waals surface area contributed by atoms with Gasteiger partial charge in [0.2, 0.25) is 0 Å². The third-order valence-electron chi connectivity index (χ3n) is 5.41. The van der Waals surface area contributed by atoms with E-state index in [1.165, 1.54) is 16.6 Å². The average molecular weight is 364 g/mol. The number of benzene rings is 2. The molecule has 3 aromatic rings. The van der Waals surface area contributed by atoms with E-state index in [1.807, 2.05) is 17.0 Å². The molecule has 27 heavy (non-hydrogen) atoms. The molecule has 1 aliphatic rings. The minimum atomic E-state index is -0.0283. The second kappa shape index (κ2) is 7.35. The third kappa shape index (κ3) is 3.25. The molecule has 0 bridgehead atoms. The number of amides is 1. The Bertz CT molecular complexity index is 900. The number of nitrogens with zero attached hydrogens (tertiary/aromatic N) is 1. The predicted molar refractivity (Wildman–Crippen MR) is 106 cm³/mol. The van der Waals surface area contributed by atoms with E-state index in [0.29, 0.717) is 23.0 Å². The summed E-state index contributed by atoms with van der Waals surface area (Å²) in [6.07, 6.45) is 1.88. The number of rotatable bonds is 4. The Balaban J connectivity index is 1.50. The lowest BCUT2D eigenvalue weighted by Crippen LogP contribution is -2.38. The van der Waals surface area contributed by atoms with Crippen LogP contribution in [0, 0.1) is 0 Å². The number of methoxy groups -OCH3 is 2. The number of carbonyl (C=O) groups is 1. The van der Waals surface area contributed by atoms with Crippen LogP contribution in [0.3, 0.4) is 0 Å². The average Bonchev–Trinajstić information content (AvgIpc) is 3.17. The van der Waals surface area contributed by atoms with Crippen LogP contribution in [-0.2, 0) is 0 Å². The molecule has 0 atom stereocenters. The molecule has 1 saturated heterocycles. The van der Waals surface area contributed by atoms with Gasteiger partial charge in [-0.15, -0.1) is 0 Å². The molecular weight excluding hydrogens is 340 g/mol. The molecule has 0 saturated carbocycles. The van der Waals surface area contributed by atoms with Crippen molar-refractivity contribution < 1.29 is 14.3 Å². The van der Waals surface area contributed by atoms with Gasteiger partial charge in [0.15, 0.2) is 0 Å². The molecule has 2 heterocycles. The molecule has 5 heteroatoms. The summed E-state index contributed by atoms with van der Waals surface area (Å²) in [5.41, 5.74) is 2.94. The number of carbonyl (C=O) groups excluding carboxylic acids is 1. The van der Waals surface area contributed by atoms with Crippen LogP contribution in [0.5, 0.6) is 11.5 Å². The van der Waals surface area contributed by atoms with Gasteiger partial charge in [-0.25, -0.2) is 0 Å². The number of likely N-dealkylation sites (tertiary alicyclic amines) is 1. The summed E-state index contributed by atoms with van der Waals surface area (Å²) in [6.45, 7) is 1.44. The summed E-state index contributed by atoms with van der Waals surface area (Å²) in [5, 5.41) is 1.24. The number of fused-ring (bicyclic) bond motifs is 1. The highest BCUT2D eigenvalue weighted by Crippen LogP contribution is 2.33. The van der Waals surface area contributed by atoms with Gasteiger partial charge in [-0.3, -0.25) is 4.79 Å². The van der Waals surface area contributed by atoms with Crippen molar-refractivity contribution in [2.75, 3.05) is 27.3 Å². The number of hydrogen-bond acceptors (Lipinski definition) is 3. The fourth-order valence-electron chi connectivity index (χ4n) is 3.93. The summed E-state index contributed by atoms with van der Waals surface area (Å²) in [7, 11) is 3.15. The number of hydrogen-bond donors (Lipinski definition) is 1. The van der Waals surface area contributed by atoms with E-state index in [4.69, 9.17) is 9.47 Å². The third-order valence-corrected chi connectivity index (χ3v) is 5.41. The van der Waals surface area contributed by atoms with Crippen LogP contribution in [0.15, 0.2) is 48.5 Å². The van der Waals surface area contributed by atoms with Crippen molar-refractivity contribution >= 4 is 16.8 Å². The first-order chi connectivity index (χ1) is 13.2. The Morgan fingerprint density at radius 2 is 1.67 bits per heavy atom. The maximum absolute atomic E-state index is 13.1. The van der Waals surface area contributed by atoms with Gasteiger partial charge in [0.1, 0.15) is 17.1 Å². The molecule has 1 aromatic heterocycles. The minimum Gasteiger partial charge on any atom is -0.496 e. The van der Waals surface area contributed by atoms with E-state index in [-0.39, 0.29) is 5.91 Å². The Kier molecular flexibility index (Phi) is 4.75. The van der Waals surface area contributed by atoms with Gasteiger partial charge in [0.05, 0.1) is 14.2 Å². The Morgan fingerprint density at radius 1 is 1.00 bits per heavy atom. The maximum atomic E-state index is 13.1. The van der Waals surface area contributed by atoms with E-state index in [2.05, 4.69) is 29.2 Å². The molecule has 4 rings (SSSR count). The van der Waals surface area contributed by atoms with Crippen molar-refractivity contribution in [3.63, 3.8) is 0 Å². The quantitative estimate of drug-likeness (QED) is 0.755. The van der Waals surface area contributed by atoms with Gasteiger partial charge in [-0.05, 0) is 42.5 Å². The number of piperidine rings is 1. The molecule has 0 radical (unpaired) electrons. The Morgan fingerprint density at radius 3 is 2.30 bits per heavy atom. The highest BCUT2D eigenvalue weighted by molar-refractivity contribution is 5.99. The maximum Gasteiger partial charge on any atom is 0.261 e. The lowest BCUT2D eigenvalue weighted by Gasteiger charge is -2.32. The Labute approximate surface area is 158 Å². The second-order valence-electron chi connectivity index (χ2n) is 6.92. The zero-order chi connectivity index (χ0) is 18.8. The first-order valence-electron chi connectivity index (χ1n) is 9.29.